The summed E-state index contributed by atoms with van der Waals surface area (Å²) in [6.07, 6.45) is 13.6. The molecule has 30 heavy (non-hydrogen) atoms. The van der Waals surface area contributed by atoms with E-state index in [4.69, 9.17) is 4.74 Å². The first-order valence-corrected chi connectivity index (χ1v) is 12.6. The SMILES string of the molecule is CCCCCC1CCC(CCc2ccc(OC[C@H](F)[C@@H](F)CCCCC)cc2)CC1. The number of hydrogen-bond donors (Lipinski definition) is 0. The van der Waals surface area contributed by atoms with Crippen molar-refractivity contribution in [2.24, 2.45) is 11.8 Å². The van der Waals surface area contributed by atoms with Crippen LogP contribution in [0.3, 0.4) is 0 Å². The van der Waals surface area contributed by atoms with Crippen molar-refractivity contribution in [2.75, 3.05) is 6.61 Å². The molecule has 1 fully saturated rings. The Morgan fingerprint density at radius 2 is 1.40 bits per heavy atom. The molecule has 1 aliphatic rings. The van der Waals surface area contributed by atoms with Crippen LogP contribution in [0.25, 0.3) is 0 Å². The molecule has 0 unspecified atom stereocenters. The van der Waals surface area contributed by atoms with E-state index in [-0.39, 0.29) is 13.0 Å². The second-order valence-corrected chi connectivity index (χ2v) is 9.40. The van der Waals surface area contributed by atoms with Crippen LogP contribution in [0.2, 0.25) is 0 Å². The summed E-state index contributed by atoms with van der Waals surface area (Å²) >= 11 is 0. The van der Waals surface area contributed by atoms with Crippen LogP contribution in [-0.4, -0.2) is 19.0 Å². The summed E-state index contributed by atoms with van der Waals surface area (Å²) in [4.78, 5) is 0. The Hall–Kier alpha value is -1.12. The number of halogens is 2. The first-order chi connectivity index (χ1) is 14.6. The van der Waals surface area contributed by atoms with E-state index >= 15 is 0 Å². The van der Waals surface area contributed by atoms with E-state index in [1.807, 2.05) is 12.1 Å². The van der Waals surface area contributed by atoms with E-state index in [0.29, 0.717) is 5.75 Å². The fourth-order valence-electron chi connectivity index (χ4n) is 4.67. The van der Waals surface area contributed by atoms with E-state index in [1.165, 1.54) is 63.4 Å². The van der Waals surface area contributed by atoms with Gasteiger partial charge in [-0.25, -0.2) is 8.78 Å². The summed E-state index contributed by atoms with van der Waals surface area (Å²) in [7, 11) is 0. The molecule has 172 valence electrons. The number of alkyl halides is 2. The average molecular weight is 423 g/mol. The molecule has 0 aliphatic heterocycles. The summed E-state index contributed by atoms with van der Waals surface area (Å²) in [6.45, 7) is 4.14. The van der Waals surface area contributed by atoms with E-state index in [2.05, 4.69) is 26.0 Å². The van der Waals surface area contributed by atoms with Gasteiger partial charge in [-0.1, -0.05) is 96.6 Å². The summed E-state index contributed by atoms with van der Waals surface area (Å²) in [5.41, 5.74) is 1.31. The highest BCUT2D eigenvalue weighted by Gasteiger charge is 2.21. The van der Waals surface area contributed by atoms with Crippen molar-refractivity contribution in [3.63, 3.8) is 0 Å². The highest BCUT2D eigenvalue weighted by Crippen LogP contribution is 2.34. The molecule has 1 nitrogen and oxygen atoms in total. The zero-order valence-corrected chi connectivity index (χ0v) is 19.4. The number of hydrogen-bond acceptors (Lipinski definition) is 1. The van der Waals surface area contributed by atoms with E-state index in [1.54, 1.807) is 0 Å². The van der Waals surface area contributed by atoms with Crippen molar-refractivity contribution in [2.45, 2.75) is 116 Å². The van der Waals surface area contributed by atoms with Gasteiger partial charge in [0, 0.05) is 0 Å². The van der Waals surface area contributed by atoms with E-state index in [9.17, 15) is 8.78 Å². The minimum Gasteiger partial charge on any atom is -0.490 e. The van der Waals surface area contributed by atoms with Gasteiger partial charge >= 0.3 is 0 Å². The number of ether oxygens (including phenoxy) is 1. The molecule has 1 aliphatic carbocycles. The largest absolute Gasteiger partial charge is 0.490 e. The topological polar surface area (TPSA) is 9.23 Å². The van der Waals surface area contributed by atoms with Gasteiger partial charge in [0.1, 0.15) is 18.5 Å². The van der Waals surface area contributed by atoms with Gasteiger partial charge < -0.3 is 4.74 Å². The lowest BCUT2D eigenvalue weighted by molar-refractivity contribution is 0.102. The maximum absolute atomic E-state index is 13.9. The lowest BCUT2D eigenvalue weighted by Gasteiger charge is -2.28. The monoisotopic (exact) mass is 422 g/mol. The molecule has 1 saturated carbocycles. The second kappa shape index (κ2) is 14.8. The molecule has 1 aromatic rings. The number of rotatable bonds is 15. The molecule has 0 spiro atoms. The Labute approximate surface area is 184 Å². The van der Waals surface area contributed by atoms with Gasteiger partial charge in [-0.15, -0.1) is 0 Å². The van der Waals surface area contributed by atoms with Crippen LogP contribution in [0.5, 0.6) is 5.75 Å². The second-order valence-electron chi connectivity index (χ2n) is 9.40. The summed E-state index contributed by atoms with van der Waals surface area (Å²) in [6, 6.07) is 7.95. The Balaban J connectivity index is 1.62. The molecular weight excluding hydrogens is 378 g/mol. The minimum atomic E-state index is -1.54. The lowest BCUT2D eigenvalue weighted by Crippen LogP contribution is -2.24. The molecule has 0 heterocycles. The predicted octanol–water partition coefficient (Wildman–Crippen LogP) is 8.64. The van der Waals surface area contributed by atoms with Crippen LogP contribution < -0.4 is 4.74 Å². The van der Waals surface area contributed by atoms with Crippen molar-refractivity contribution >= 4 is 0 Å². The Kier molecular flexibility index (Phi) is 12.4. The molecule has 0 aromatic heterocycles. The molecule has 0 N–H and O–H groups in total. The molecule has 2 atom stereocenters. The molecule has 0 bridgehead atoms. The highest BCUT2D eigenvalue weighted by atomic mass is 19.2. The third-order valence-electron chi connectivity index (χ3n) is 6.83. The van der Waals surface area contributed by atoms with Gasteiger partial charge in [0.2, 0.25) is 0 Å². The van der Waals surface area contributed by atoms with Gasteiger partial charge in [-0.2, -0.15) is 0 Å². The lowest BCUT2D eigenvalue weighted by atomic mass is 9.78. The van der Waals surface area contributed by atoms with Crippen LogP contribution in [0.4, 0.5) is 8.78 Å². The first kappa shape index (κ1) is 25.1. The Bertz CT molecular complexity index is 536. The molecule has 1 aromatic carbocycles. The summed E-state index contributed by atoms with van der Waals surface area (Å²) in [5.74, 6) is 2.47. The van der Waals surface area contributed by atoms with Crippen molar-refractivity contribution < 1.29 is 13.5 Å². The summed E-state index contributed by atoms with van der Waals surface area (Å²) in [5, 5.41) is 0. The third-order valence-corrected chi connectivity index (χ3v) is 6.83. The molecule has 3 heteroatoms. The van der Waals surface area contributed by atoms with Crippen LogP contribution in [0.15, 0.2) is 24.3 Å². The molecule has 0 radical (unpaired) electrons. The third kappa shape index (κ3) is 9.79. The normalized spacial score (nSPS) is 21.3. The van der Waals surface area contributed by atoms with Gasteiger partial charge in [-0.3, -0.25) is 0 Å². The fourth-order valence-corrected chi connectivity index (χ4v) is 4.67. The highest BCUT2D eigenvalue weighted by molar-refractivity contribution is 5.27. The predicted molar refractivity (Wildman–Crippen MR) is 124 cm³/mol. The van der Waals surface area contributed by atoms with Gasteiger partial charge in [-0.05, 0) is 48.8 Å². The van der Waals surface area contributed by atoms with Crippen molar-refractivity contribution in [3.05, 3.63) is 29.8 Å². The van der Waals surface area contributed by atoms with Crippen LogP contribution in [0.1, 0.15) is 103 Å². The van der Waals surface area contributed by atoms with E-state index < -0.39 is 12.3 Å². The number of unbranched alkanes of at least 4 members (excludes halogenated alkanes) is 4. The zero-order valence-electron chi connectivity index (χ0n) is 19.4. The average Bonchev–Trinajstić information content (AvgIpc) is 2.78. The van der Waals surface area contributed by atoms with E-state index in [0.717, 1.165) is 37.5 Å². The zero-order chi connectivity index (χ0) is 21.6. The standard InChI is InChI=1S/C27H44F2O/c1-3-5-7-9-22-11-13-23(14-12-22)15-16-24-17-19-25(20-18-24)30-21-27(29)26(28)10-8-6-4-2/h17-20,22-23,26-27H,3-16,21H2,1-2H3/t22?,23?,26-,27-/m0/s1. The maximum atomic E-state index is 13.9. The smallest absolute Gasteiger partial charge is 0.165 e. The van der Waals surface area contributed by atoms with Gasteiger partial charge in [0.05, 0.1) is 0 Å². The molecular formula is C27H44F2O. The number of aryl methyl sites for hydroxylation is 1. The van der Waals surface area contributed by atoms with Crippen LogP contribution in [-0.2, 0) is 6.42 Å². The molecule has 0 amide bonds. The van der Waals surface area contributed by atoms with Crippen molar-refractivity contribution in [1.29, 1.82) is 0 Å². The molecule has 2 rings (SSSR count). The fraction of sp³-hybridized carbons (Fsp3) is 0.778. The summed E-state index contributed by atoms with van der Waals surface area (Å²) < 4.78 is 33.2. The Morgan fingerprint density at radius 1 is 0.800 bits per heavy atom. The Morgan fingerprint density at radius 3 is 2.03 bits per heavy atom. The van der Waals surface area contributed by atoms with Gasteiger partial charge in [0.25, 0.3) is 0 Å². The maximum Gasteiger partial charge on any atom is 0.165 e. The van der Waals surface area contributed by atoms with Gasteiger partial charge in [0.15, 0.2) is 6.17 Å². The van der Waals surface area contributed by atoms with Crippen LogP contribution in [0, 0.1) is 11.8 Å². The van der Waals surface area contributed by atoms with Crippen LogP contribution >= 0.6 is 0 Å². The number of benzene rings is 1. The van der Waals surface area contributed by atoms with Crippen molar-refractivity contribution in [1.82, 2.24) is 0 Å². The minimum absolute atomic E-state index is 0.200. The first-order valence-electron chi connectivity index (χ1n) is 12.6. The van der Waals surface area contributed by atoms with Crippen molar-refractivity contribution in [3.8, 4) is 5.75 Å². The molecule has 0 saturated heterocycles. The quantitative estimate of drug-likeness (QED) is 0.257.